The lowest BCUT2D eigenvalue weighted by atomic mass is 10.1. The molecule has 0 radical (unpaired) electrons. The van der Waals surface area contributed by atoms with E-state index in [4.69, 9.17) is 17.0 Å². The predicted molar refractivity (Wildman–Crippen MR) is 107 cm³/mol. The molecule has 1 aliphatic rings. The number of anilines is 1. The van der Waals surface area contributed by atoms with Gasteiger partial charge in [-0.1, -0.05) is 25.1 Å². The number of aromatic amines is 1. The van der Waals surface area contributed by atoms with Crippen molar-refractivity contribution < 1.29 is 9.53 Å². The molecule has 0 aliphatic carbocycles. The number of amides is 1. The molecule has 0 bridgehead atoms. The van der Waals surface area contributed by atoms with Gasteiger partial charge in [0.2, 0.25) is 5.91 Å². The number of aryl methyl sites for hydroxylation is 1. The minimum absolute atomic E-state index is 0.0154. The van der Waals surface area contributed by atoms with Crippen LogP contribution in [0.3, 0.4) is 0 Å². The molecular weight excluding hydrogens is 362 g/mol. The molecule has 1 aliphatic heterocycles. The van der Waals surface area contributed by atoms with Gasteiger partial charge in [0.15, 0.2) is 4.77 Å². The van der Waals surface area contributed by atoms with Gasteiger partial charge in [0.25, 0.3) is 0 Å². The topological polar surface area (TPSA) is 66.4 Å². The van der Waals surface area contributed by atoms with Crippen molar-refractivity contribution in [2.24, 2.45) is 0 Å². The molecule has 2 heterocycles. The van der Waals surface area contributed by atoms with Gasteiger partial charge in [-0.05, 0) is 30.3 Å². The second-order valence-electron chi connectivity index (χ2n) is 6.76. The van der Waals surface area contributed by atoms with Gasteiger partial charge >= 0.3 is 0 Å². The maximum atomic E-state index is 12.8. The molecule has 0 unspecified atom stereocenters. The maximum absolute atomic E-state index is 12.8. The summed E-state index contributed by atoms with van der Waals surface area (Å²) in [4.78, 5) is 16.9. The molecule has 8 heteroatoms. The van der Waals surface area contributed by atoms with Crippen LogP contribution < -0.4 is 4.90 Å². The van der Waals surface area contributed by atoms with Crippen LogP contribution in [0.5, 0.6) is 0 Å². The Kier molecular flexibility index (Phi) is 6.63. The van der Waals surface area contributed by atoms with E-state index in [9.17, 15) is 4.79 Å². The largest absolute Gasteiger partial charge is 0.378 e. The minimum Gasteiger partial charge on any atom is -0.378 e. The van der Waals surface area contributed by atoms with E-state index in [1.807, 2.05) is 19.2 Å². The molecule has 0 saturated carbocycles. The molecule has 3 rings (SSSR count). The highest BCUT2D eigenvalue weighted by molar-refractivity contribution is 7.71. The Labute approximate surface area is 164 Å². The lowest BCUT2D eigenvalue weighted by molar-refractivity contribution is -0.131. The van der Waals surface area contributed by atoms with Crippen LogP contribution in [0.2, 0.25) is 0 Å². The van der Waals surface area contributed by atoms with Crippen LogP contribution in [-0.4, -0.2) is 58.9 Å². The summed E-state index contributed by atoms with van der Waals surface area (Å²) in [6.45, 7) is 6.07. The fourth-order valence-electron chi connectivity index (χ4n) is 3.28. The first-order valence-corrected chi connectivity index (χ1v) is 9.79. The van der Waals surface area contributed by atoms with Crippen molar-refractivity contribution in [2.45, 2.75) is 32.9 Å². The molecule has 1 saturated heterocycles. The number of hydrogen-bond donors (Lipinski definition) is 1. The van der Waals surface area contributed by atoms with E-state index in [-0.39, 0.29) is 12.5 Å². The second-order valence-corrected chi connectivity index (χ2v) is 7.15. The maximum Gasteiger partial charge on any atom is 0.242 e. The summed E-state index contributed by atoms with van der Waals surface area (Å²) in [5.74, 6) is 0.847. The van der Waals surface area contributed by atoms with E-state index in [0.717, 1.165) is 50.5 Å². The zero-order valence-corrected chi connectivity index (χ0v) is 16.8. The number of H-pyrrole nitrogens is 1. The van der Waals surface area contributed by atoms with Crippen LogP contribution >= 0.6 is 12.2 Å². The summed E-state index contributed by atoms with van der Waals surface area (Å²) in [7, 11) is 1.83. The van der Waals surface area contributed by atoms with Gasteiger partial charge in [-0.3, -0.25) is 14.5 Å². The average Bonchev–Trinajstić information content (AvgIpc) is 3.03. The first-order valence-electron chi connectivity index (χ1n) is 9.38. The Balaban J connectivity index is 1.70. The van der Waals surface area contributed by atoms with E-state index in [0.29, 0.717) is 11.3 Å². The average molecular weight is 390 g/mol. The van der Waals surface area contributed by atoms with Crippen LogP contribution in [0.15, 0.2) is 24.3 Å². The quantitative estimate of drug-likeness (QED) is 0.737. The van der Waals surface area contributed by atoms with E-state index in [2.05, 4.69) is 34.2 Å². The van der Waals surface area contributed by atoms with E-state index in [1.165, 1.54) is 5.69 Å². The summed E-state index contributed by atoms with van der Waals surface area (Å²) >= 11 is 5.28. The van der Waals surface area contributed by atoms with Gasteiger partial charge in [0, 0.05) is 38.8 Å². The van der Waals surface area contributed by atoms with Crippen molar-refractivity contribution in [3.63, 3.8) is 0 Å². The third kappa shape index (κ3) is 4.75. The first kappa shape index (κ1) is 19.6. The summed E-state index contributed by atoms with van der Waals surface area (Å²) in [6.07, 6.45) is 1.75. The molecule has 2 aromatic rings. The Morgan fingerprint density at radius 2 is 2.07 bits per heavy atom. The second kappa shape index (κ2) is 9.14. The molecule has 1 N–H and O–H groups in total. The number of carbonyl (C=O) groups is 1. The summed E-state index contributed by atoms with van der Waals surface area (Å²) in [5.41, 5.74) is 2.31. The smallest absolute Gasteiger partial charge is 0.242 e. The first-order chi connectivity index (χ1) is 13.1. The van der Waals surface area contributed by atoms with Gasteiger partial charge in [-0.15, -0.1) is 0 Å². The Morgan fingerprint density at radius 1 is 1.33 bits per heavy atom. The molecule has 0 atom stereocenters. The molecule has 27 heavy (non-hydrogen) atoms. The highest BCUT2D eigenvalue weighted by Gasteiger charge is 2.18. The van der Waals surface area contributed by atoms with Gasteiger partial charge in [-0.25, -0.2) is 0 Å². The van der Waals surface area contributed by atoms with Crippen molar-refractivity contribution in [2.75, 3.05) is 38.3 Å². The fourth-order valence-corrected chi connectivity index (χ4v) is 3.50. The number of ether oxygens (including phenoxy) is 1. The third-order valence-electron chi connectivity index (χ3n) is 4.78. The summed E-state index contributed by atoms with van der Waals surface area (Å²) in [6, 6.07) is 8.26. The molecule has 1 aromatic carbocycles. The zero-order chi connectivity index (χ0) is 19.2. The molecule has 0 spiro atoms. The van der Waals surface area contributed by atoms with Crippen molar-refractivity contribution >= 4 is 23.8 Å². The number of hydrogen-bond acceptors (Lipinski definition) is 5. The van der Waals surface area contributed by atoms with E-state index in [1.54, 1.807) is 9.47 Å². The Bertz CT molecular complexity index is 826. The number of likely N-dealkylation sites (N-methyl/N-ethyl adjacent to an activating group) is 1. The molecule has 1 fully saturated rings. The van der Waals surface area contributed by atoms with Crippen molar-refractivity contribution in [1.29, 1.82) is 0 Å². The molecule has 1 aromatic heterocycles. The molecular formula is C19H27N5O2S. The van der Waals surface area contributed by atoms with Gasteiger partial charge in [0.1, 0.15) is 12.4 Å². The van der Waals surface area contributed by atoms with Crippen LogP contribution in [0.4, 0.5) is 5.69 Å². The molecule has 7 nitrogen and oxygen atoms in total. The van der Waals surface area contributed by atoms with Gasteiger partial charge in [-0.2, -0.15) is 5.10 Å². The van der Waals surface area contributed by atoms with Crippen LogP contribution in [-0.2, 0) is 29.0 Å². The lowest BCUT2D eigenvalue weighted by Gasteiger charge is -2.31. The fraction of sp³-hybridized carbons (Fsp3) is 0.526. The highest BCUT2D eigenvalue weighted by Crippen LogP contribution is 2.22. The van der Waals surface area contributed by atoms with Crippen LogP contribution in [0.1, 0.15) is 24.7 Å². The summed E-state index contributed by atoms with van der Waals surface area (Å²) in [5, 5.41) is 7.03. The Hall–Kier alpha value is -2.19. The zero-order valence-electron chi connectivity index (χ0n) is 16.0. The number of para-hydroxylation sites is 1. The number of morpholine rings is 1. The van der Waals surface area contributed by atoms with Gasteiger partial charge in [0.05, 0.1) is 13.2 Å². The predicted octanol–water partition coefficient (Wildman–Crippen LogP) is 2.39. The van der Waals surface area contributed by atoms with E-state index >= 15 is 0 Å². The standard InChI is InChI=1S/C19H27N5O2S/c1-3-6-17-20-21-19(27)24(17)14-18(25)22(2)13-15-7-4-5-8-16(15)23-9-11-26-12-10-23/h4-5,7-8H,3,6,9-14H2,1-2H3,(H,21,27). The molecule has 146 valence electrons. The van der Waals surface area contributed by atoms with E-state index < -0.39 is 0 Å². The normalized spacial score (nSPS) is 14.4. The monoisotopic (exact) mass is 389 g/mol. The number of rotatable bonds is 7. The number of nitrogens with one attached hydrogen (secondary N) is 1. The Morgan fingerprint density at radius 3 is 2.81 bits per heavy atom. The highest BCUT2D eigenvalue weighted by atomic mass is 32.1. The number of aromatic nitrogens is 3. The SMILES string of the molecule is CCCc1n[nH]c(=S)n1CC(=O)N(C)Cc1ccccc1N1CCOCC1. The number of benzene rings is 1. The van der Waals surface area contributed by atoms with Crippen molar-refractivity contribution in [3.8, 4) is 0 Å². The molecule has 1 amide bonds. The van der Waals surface area contributed by atoms with Crippen molar-refractivity contribution in [3.05, 3.63) is 40.4 Å². The van der Waals surface area contributed by atoms with Gasteiger partial charge < -0.3 is 14.5 Å². The lowest BCUT2D eigenvalue weighted by Crippen LogP contribution is -2.37. The third-order valence-corrected chi connectivity index (χ3v) is 5.09. The number of nitrogens with zero attached hydrogens (tertiary/aromatic N) is 4. The van der Waals surface area contributed by atoms with Crippen molar-refractivity contribution in [1.82, 2.24) is 19.7 Å². The van der Waals surface area contributed by atoms with Crippen LogP contribution in [0.25, 0.3) is 0 Å². The van der Waals surface area contributed by atoms with Crippen LogP contribution in [0, 0.1) is 4.77 Å². The number of carbonyl (C=O) groups excluding carboxylic acids is 1. The summed E-state index contributed by atoms with van der Waals surface area (Å²) < 4.78 is 7.75. The minimum atomic E-state index is 0.0154.